The second-order valence-electron chi connectivity index (χ2n) is 9.24. The first-order chi connectivity index (χ1) is 17.0. The van der Waals surface area contributed by atoms with Crippen LogP contribution in [0.5, 0.6) is 0 Å². The molecule has 36 heavy (non-hydrogen) atoms. The predicted molar refractivity (Wildman–Crippen MR) is 144 cm³/mol. The molecule has 0 spiro atoms. The quantitative estimate of drug-likeness (QED) is 0.434. The average Bonchev–Trinajstić information content (AvgIpc) is 2.83. The zero-order chi connectivity index (χ0) is 26.5. The predicted octanol–water partition coefficient (Wildman–Crippen LogP) is 4.83. The summed E-state index contributed by atoms with van der Waals surface area (Å²) in [6.45, 7) is 9.62. The molecule has 0 saturated heterocycles. The van der Waals surface area contributed by atoms with Crippen LogP contribution in [0.3, 0.4) is 0 Å². The van der Waals surface area contributed by atoms with Crippen molar-refractivity contribution in [3.63, 3.8) is 0 Å². The number of carbonyl (C=O) groups excluding carboxylic acids is 2. The van der Waals surface area contributed by atoms with Gasteiger partial charge >= 0.3 is 0 Å². The van der Waals surface area contributed by atoms with E-state index in [0.29, 0.717) is 23.5 Å². The first-order valence-corrected chi connectivity index (χ1v) is 13.3. The molecule has 3 aromatic carbocycles. The first-order valence-electron chi connectivity index (χ1n) is 11.8. The molecular formula is C28H33N3O4S. The monoisotopic (exact) mass is 507 g/mol. The molecule has 0 unspecified atom stereocenters. The SMILES string of the molecule is Cc1ccc(S(=O)(=O)N(CC(=O)Nc2ccccc2C(=O)NCC(C)C)c2cccc(C)c2C)cc1. The summed E-state index contributed by atoms with van der Waals surface area (Å²) < 4.78 is 28.5. The normalized spacial score (nSPS) is 11.3. The third kappa shape index (κ3) is 6.31. The van der Waals surface area contributed by atoms with E-state index >= 15 is 0 Å². The zero-order valence-electron chi connectivity index (χ0n) is 21.3. The Bertz CT molecular complexity index is 1350. The smallest absolute Gasteiger partial charge is 0.264 e. The molecule has 0 aromatic heterocycles. The van der Waals surface area contributed by atoms with Crippen LogP contribution >= 0.6 is 0 Å². The molecular weight excluding hydrogens is 474 g/mol. The molecule has 3 rings (SSSR count). The van der Waals surface area contributed by atoms with Gasteiger partial charge in [-0.2, -0.15) is 0 Å². The molecule has 0 saturated carbocycles. The third-order valence-electron chi connectivity index (χ3n) is 5.86. The zero-order valence-corrected chi connectivity index (χ0v) is 22.1. The fourth-order valence-electron chi connectivity index (χ4n) is 3.65. The number of nitrogens with zero attached hydrogens (tertiary/aromatic N) is 1. The van der Waals surface area contributed by atoms with Crippen LogP contribution in [-0.2, 0) is 14.8 Å². The summed E-state index contributed by atoms with van der Waals surface area (Å²) in [7, 11) is -4.05. The number of hydrogen-bond donors (Lipinski definition) is 2. The number of nitrogens with one attached hydrogen (secondary N) is 2. The highest BCUT2D eigenvalue weighted by Crippen LogP contribution is 2.29. The van der Waals surface area contributed by atoms with E-state index in [9.17, 15) is 18.0 Å². The van der Waals surface area contributed by atoms with Gasteiger partial charge < -0.3 is 10.6 Å². The molecule has 190 valence electrons. The first kappa shape index (κ1) is 26.9. The van der Waals surface area contributed by atoms with Crippen LogP contribution in [0.25, 0.3) is 0 Å². The van der Waals surface area contributed by atoms with Crippen LogP contribution in [0.2, 0.25) is 0 Å². The minimum absolute atomic E-state index is 0.0928. The van der Waals surface area contributed by atoms with Crippen molar-refractivity contribution < 1.29 is 18.0 Å². The summed E-state index contributed by atoms with van der Waals surface area (Å²) in [4.78, 5) is 26.0. The third-order valence-corrected chi connectivity index (χ3v) is 7.63. The van der Waals surface area contributed by atoms with Gasteiger partial charge in [-0.15, -0.1) is 0 Å². The molecule has 0 heterocycles. The van der Waals surface area contributed by atoms with Gasteiger partial charge in [-0.25, -0.2) is 8.42 Å². The summed E-state index contributed by atoms with van der Waals surface area (Å²) in [6, 6.07) is 18.5. The van der Waals surface area contributed by atoms with E-state index in [2.05, 4.69) is 10.6 Å². The molecule has 0 radical (unpaired) electrons. The van der Waals surface area contributed by atoms with E-state index in [1.165, 1.54) is 12.1 Å². The van der Waals surface area contributed by atoms with Crippen LogP contribution in [0.1, 0.15) is 40.9 Å². The lowest BCUT2D eigenvalue weighted by molar-refractivity contribution is -0.114. The summed E-state index contributed by atoms with van der Waals surface area (Å²) in [6.07, 6.45) is 0. The van der Waals surface area contributed by atoms with Crippen LogP contribution in [0.15, 0.2) is 71.6 Å². The van der Waals surface area contributed by atoms with Crippen LogP contribution in [0, 0.1) is 26.7 Å². The van der Waals surface area contributed by atoms with Crippen molar-refractivity contribution in [2.24, 2.45) is 5.92 Å². The van der Waals surface area contributed by atoms with Gasteiger partial charge in [0.1, 0.15) is 6.54 Å². The number of aryl methyl sites for hydroxylation is 2. The molecule has 8 heteroatoms. The van der Waals surface area contributed by atoms with Gasteiger partial charge in [-0.3, -0.25) is 13.9 Å². The summed E-state index contributed by atoms with van der Waals surface area (Å²) >= 11 is 0. The number of hydrogen-bond acceptors (Lipinski definition) is 4. The molecule has 0 aliphatic heterocycles. The van der Waals surface area contributed by atoms with Crippen molar-refractivity contribution in [2.75, 3.05) is 22.7 Å². The van der Waals surface area contributed by atoms with E-state index < -0.39 is 22.5 Å². The van der Waals surface area contributed by atoms with Gasteiger partial charge in [0.25, 0.3) is 15.9 Å². The number of anilines is 2. The molecule has 3 aromatic rings. The Morgan fingerprint density at radius 2 is 1.56 bits per heavy atom. The number of amides is 2. The Morgan fingerprint density at radius 1 is 0.889 bits per heavy atom. The molecule has 0 aliphatic rings. The van der Waals surface area contributed by atoms with Gasteiger partial charge in [0.05, 0.1) is 21.8 Å². The van der Waals surface area contributed by atoms with Crippen molar-refractivity contribution in [1.82, 2.24) is 5.32 Å². The van der Waals surface area contributed by atoms with E-state index in [-0.39, 0.29) is 16.7 Å². The Hall–Kier alpha value is -3.65. The van der Waals surface area contributed by atoms with Crippen LogP contribution < -0.4 is 14.9 Å². The highest BCUT2D eigenvalue weighted by molar-refractivity contribution is 7.92. The maximum Gasteiger partial charge on any atom is 0.264 e. The molecule has 2 amide bonds. The second kappa shape index (κ2) is 11.4. The Morgan fingerprint density at radius 3 is 2.22 bits per heavy atom. The number of rotatable bonds is 9. The maximum atomic E-state index is 13.7. The van der Waals surface area contributed by atoms with Crippen molar-refractivity contribution in [1.29, 1.82) is 0 Å². The highest BCUT2D eigenvalue weighted by Gasteiger charge is 2.29. The topological polar surface area (TPSA) is 95.6 Å². The van der Waals surface area contributed by atoms with Crippen LogP contribution in [0.4, 0.5) is 11.4 Å². The van der Waals surface area contributed by atoms with Gasteiger partial charge in [0.2, 0.25) is 5.91 Å². The summed E-state index contributed by atoms with van der Waals surface area (Å²) in [5.74, 6) is -0.595. The van der Waals surface area contributed by atoms with Crippen LogP contribution in [-0.4, -0.2) is 33.3 Å². The largest absolute Gasteiger partial charge is 0.352 e. The van der Waals surface area contributed by atoms with Crippen molar-refractivity contribution >= 4 is 33.2 Å². The van der Waals surface area contributed by atoms with Crippen molar-refractivity contribution in [3.05, 3.63) is 89.0 Å². The minimum atomic E-state index is -4.05. The number of sulfonamides is 1. The molecule has 7 nitrogen and oxygen atoms in total. The summed E-state index contributed by atoms with van der Waals surface area (Å²) in [5.41, 5.74) is 3.65. The van der Waals surface area contributed by atoms with E-state index in [4.69, 9.17) is 0 Å². The molecule has 0 fully saturated rings. The standard InChI is InChI=1S/C28H33N3O4S/c1-19(2)17-29-28(33)24-10-6-7-11-25(24)30-27(32)18-31(26-12-8-9-21(4)22(26)5)36(34,35)23-15-13-20(3)14-16-23/h6-16,19H,17-18H2,1-5H3,(H,29,33)(H,30,32). The lowest BCUT2D eigenvalue weighted by atomic mass is 10.1. The average molecular weight is 508 g/mol. The van der Waals surface area contributed by atoms with E-state index in [0.717, 1.165) is 21.0 Å². The Labute approximate surface area is 213 Å². The summed E-state index contributed by atoms with van der Waals surface area (Å²) in [5, 5.41) is 5.59. The maximum absolute atomic E-state index is 13.7. The van der Waals surface area contributed by atoms with E-state index in [1.54, 1.807) is 48.5 Å². The van der Waals surface area contributed by atoms with Gasteiger partial charge in [-0.05, 0) is 68.1 Å². The highest BCUT2D eigenvalue weighted by atomic mass is 32.2. The molecule has 0 atom stereocenters. The lowest BCUT2D eigenvalue weighted by Gasteiger charge is -2.26. The van der Waals surface area contributed by atoms with Crippen molar-refractivity contribution in [3.8, 4) is 0 Å². The Kier molecular flexibility index (Phi) is 8.53. The number of benzene rings is 3. The number of para-hydroxylation sites is 1. The molecule has 0 aliphatic carbocycles. The van der Waals surface area contributed by atoms with E-state index in [1.807, 2.05) is 40.7 Å². The minimum Gasteiger partial charge on any atom is -0.352 e. The Balaban J connectivity index is 1.95. The van der Waals surface area contributed by atoms with Crippen molar-refractivity contribution in [2.45, 2.75) is 39.5 Å². The van der Waals surface area contributed by atoms with Gasteiger partial charge in [0.15, 0.2) is 0 Å². The number of carbonyl (C=O) groups is 2. The fraction of sp³-hybridized carbons (Fsp3) is 0.286. The molecule has 0 bridgehead atoms. The fourth-order valence-corrected chi connectivity index (χ4v) is 5.12. The second-order valence-corrected chi connectivity index (χ2v) is 11.1. The van der Waals surface area contributed by atoms with Gasteiger partial charge in [0, 0.05) is 6.54 Å². The van der Waals surface area contributed by atoms with Gasteiger partial charge in [-0.1, -0.05) is 55.8 Å². The lowest BCUT2D eigenvalue weighted by Crippen LogP contribution is -2.39. The molecule has 2 N–H and O–H groups in total.